The molecule has 0 heterocycles. The van der Waals surface area contributed by atoms with E-state index in [1.807, 2.05) is 12.1 Å². The standard InChI is InChI=1S/C12H18BrNO/c1-3-9-6-12(15)10(5-11(9)13)4-8(2)7-14/h5-6,8,15H,3-4,7,14H2,1-2H3. The quantitative estimate of drug-likeness (QED) is 0.885. The lowest BCUT2D eigenvalue weighted by Gasteiger charge is -2.12. The molecule has 0 spiro atoms. The Labute approximate surface area is 99.6 Å². The summed E-state index contributed by atoms with van der Waals surface area (Å²) in [7, 11) is 0. The van der Waals surface area contributed by atoms with Gasteiger partial charge in [0, 0.05) is 4.47 Å². The lowest BCUT2D eigenvalue weighted by atomic mass is 9.99. The van der Waals surface area contributed by atoms with Crippen LogP contribution in [0.4, 0.5) is 0 Å². The Morgan fingerprint density at radius 2 is 2.07 bits per heavy atom. The zero-order chi connectivity index (χ0) is 11.4. The fraction of sp³-hybridized carbons (Fsp3) is 0.500. The highest BCUT2D eigenvalue weighted by Gasteiger charge is 2.09. The normalized spacial score (nSPS) is 12.8. The van der Waals surface area contributed by atoms with Crippen molar-refractivity contribution in [2.24, 2.45) is 11.7 Å². The van der Waals surface area contributed by atoms with Gasteiger partial charge in [-0.15, -0.1) is 0 Å². The van der Waals surface area contributed by atoms with Gasteiger partial charge < -0.3 is 10.8 Å². The van der Waals surface area contributed by atoms with Crippen molar-refractivity contribution in [2.75, 3.05) is 6.54 Å². The van der Waals surface area contributed by atoms with Crippen molar-refractivity contribution in [1.29, 1.82) is 0 Å². The van der Waals surface area contributed by atoms with Gasteiger partial charge in [-0.3, -0.25) is 0 Å². The number of hydrogen-bond acceptors (Lipinski definition) is 2. The molecule has 0 aliphatic rings. The Morgan fingerprint density at radius 3 is 2.60 bits per heavy atom. The van der Waals surface area contributed by atoms with Gasteiger partial charge in [0.15, 0.2) is 0 Å². The summed E-state index contributed by atoms with van der Waals surface area (Å²) in [6.45, 7) is 4.80. The summed E-state index contributed by atoms with van der Waals surface area (Å²) in [5.74, 6) is 0.783. The van der Waals surface area contributed by atoms with E-state index >= 15 is 0 Å². The lowest BCUT2D eigenvalue weighted by Crippen LogP contribution is -2.13. The second kappa shape index (κ2) is 5.52. The molecule has 0 radical (unpaired) electrons. The molecule has 0 bridgehead atoms. The van der Waals surface area contributed by atoms with Crippen molar-refractivity contribution in [3.8, 4) is 5.75 Å². The molecule has 15 heavy (non-hydrogen) atoms. The van der Waals surface area contributed by atoms with Crippen LogP contribution in [0, 0.1) is 5.92 Å². The van der Waals surface area contributed by atoms with Crippen molar-refractivity contribution in [1.82, 2.24) is 0 Å². The zero-order valence-electron chi connectivity index (χ0n) is 9.26. The van der Waals surface area contributed by atoms with E-state index in [4.69, 9.17) is 5.73 Å². The van der Waals surface area contributed by atoms with Gasteiger partial charge in [0.05, 0.1) is 0 Å². The first-order chi connectivity index (χ1) is 7.08. The highest BCUT2D eigenvalue weighted by Crippen LogP contribution is 2.28. The summed E-state index contributed by atoms with van der Waals surface area (Å²) >= 11 is 3.51. The number of hydrogen-bond donors (Lipinski definition) is 2. The molecule has 0 fully saturated rings. The first-order valence-corrected chi connectivity index (χ1v) is 6.08. The van der Waals surface area contributed by atoms with Crippen LogP contribution in [0.25, 0.3) is 0 Å². The Kier molecular flexibility index (Phi) is 4.61. The molecule has 0 amide bonds. The Balaban J connectivity index is 2.95. The third-order valence-electron chi connectivity index (χ3n) is 2.60. The molecule has 3 heteroatoms. The fourth-order valence-corrected chi connectivity index (χ4v) is 2.21. The number of phenols is 1. The van der Waals surface area contributed by atoms with Gasteiger partial charge in [-0.25, -0.2) is 0 Å². The Morgan fingerprint density at radius 1 is 1.40 bits per heavy atom. The molecule has 0 saturated carbocycles. The maximum absolute atomic E-state index is 9.83. The van der Waals surface area contributed by atoms with Gasteiger partial charge >= 0.3 is 0 Å². The molecule has 1 aromatic rings. The number of benzene rings is 1. The van der Waals surface area contributed by atoms with Gasteiger partial charge in [-0.2, -0.15) is 0 Å². The fourth-order valence-electron chi connectivity index (χ4n) is 1.54. The average molecular weight is 272 g/mol. The van der Waals surface area contributed by atoms with Gasteiger partial charge in [0.2, 0.25) is 0 Å². The van der Waals surface area contributed by atoms with Crippen LogP contribution >= 0.6 is 15.9 Å². The van der Waals surface area contributed by atoms with Crippen molar-refractivity contribution in [3.05, 3.63) is 27.7 Å². The minimum absolute atomic E-state index is 0.385. The number of halogens is 1. The van der Waals surface area contributed by atoms with Crippen molar-refractivity contribution in [3.63, 3.8) is 0 Å². The van der Waals surface area contributed by atoms with Gasteiger partial charge in [-0.05, 0) is 48.6 Å². The summed E-state index contributed by atoms with van der Waals surface area (Å²) in [4.78, 5) is 0. The molecule has 0 aliphatic heterocycles. The van der Waals surface area contributed by atoms with E-state index in [2.05, 4.69) is 29.8 Å². The molecule has 2 nitrogen and oxygen atoms in total. The number of aryl methyl sites for hydroxylation is 1. The van der Waals surface area contributed by atoms with E-state index in [0.29, 0.717) is 18.2 Å². The number of rotatable bonds is 4. The van der Waals surface area contributed by atoms with E-state index < -0.39 is 0 Å². The van der Waals surface area contributed by atoms with Crippen LogP contribution in [0.15, 0.2) is 16.6 Å². The molecule has 1 atom stereocenters. The predicted molar refractivity (Wildman–Crippen MR) is 67.1 cm³/mol. The summed E-state index contributed by atoms with van der Waals surface area (Å²) in [6.07, 6.45) is 1.74. The van der Waals surface area contributed by atoms with Crippen molar-refractivity contribution < 1.29 is 5.11 Å². The van der Waals surface area contributed by atoms with Crippen LogP contribution < -0.4 is 5.73 Å². The molecule has 1 unspecified atom stereocenters. The molecule has 0 aliphatic carbocycles. The Bertz CT molecular complexity index is 339. The van der Waals surface area contributed by atoms with Crippen molar-refractivity contribution in [2.45, 2.75) is 26.7 Å². The SMILES string of the molecule is CCc1cc(O)c(CC(C)CN)cc1Br. The average Bonchev–Trinajstić information content (AvgIpc) is 2.22. The number of nitrogens with two attached hydrogens (primary N) is 1. The predicted octanol–water partition coefficient (Wildman–Crippen LogP) is 2.85. The van der Waals surface area contributed by atoms with Gasteiger partial charge in [-0.1, -0.05) is 29.8 Å². The zero-order valence-corrected chi connectivity index (χ0v) is 10.8. The van der Waals surface area contributed by atoms with Crippen LogP contribution in [0.2, 0.25) is 0 Å². The minimum atomic E-state index is 0.385. The minimum Gasteiger partial charge on any atom is -0.508 e. The van der Waals surface area contributed by atoms with Crippen LogP contribution in [0.3, 0.4) is 0 Å². The topological polar surface area (TPSA) is 46.2 Å². The van der Waals surface area contributed by atoms with Crippen LogP contribution in [0.5, 0.6) is 5.75 Å². The first-order valence-electron chi connectivity index (χ1n) is 5.28. The van der Waals surface area contributed by atoms with Gasteiger partial charge in [0.25, 0.3) is 0 Å². The third-order valence-corrected chi connectivity index (χ3v) is 3.34. The summed E-state index contributed by atoms with van der Waals surface area (Å²) < 4.78 is 1.07. The second-order valence-electron chi connectivity index (χ2n) is 3.97. The van der Waals surface area contributed by atoms with Gasteiger partial charge in [0.1, 0.15) is 5.75 Å². The van der Waals surface area contributed by atoms with E-state index in [1.54, 1.807) is 0 Å². The van der Waals surface area contributed by atoms with Crippen LogP contribution in [-0.2, 0) is 12.8 Å². The summed E-state index contributed by atoms with van der Waals surface area (Å²) in [6, 6.07) is 3.84. The van der Waals surface area contributed by atoms with E-state index in [9.17, 15) is 5.11 Å². The lowest BCUT2D eigenvalue weighted by molar-refractivity contribution is 0.459. The molecule has 84 valence electrons. The smallest absolute Gasteiger partial charge is 0.119 e. The molecule has 1 rings (SSSR count). The maximum atomic E-state index is 9.83. The largest absolute Gasteiger partial charge is 0.508 e. The van der Waals surface area contributed by atoms with Crippen molar-refractivity contribution >= 4 is 15.9 Å². The monoisotopic (exact) mass is 271 g/mol. The third kappa shape index (κ3) is 3.21. The second-order valence-corrected chi connectivity index (χ2v) is 4.83. The Hall–Kier alpha value is -0.540. The molecule has 1 aromatic carbocycles. The molecular weight excluding hydrogens is 254 g/mol. The summed E-state index contributed by atoms with van der Waals surface area (Å²) in [5.41, 5.74) is 7.68. The summed E-state index contributed by atoms with van der Waals surface area (Å²) in [5, 5.41) is 9.83. The van der Waals surface area contributed by atoms with E-state index in [0.717, 1.165) is 28.4 Å². The molecule has 3 N–H and O–H groups in total. The molecular formula is C12H18BrNO. The highest BCUT2D eigenvalue weighted by atomic mass is 79.9. The van der Waals surface area contributed by atoms with Crippen LogP contribution in [-0.4, -0.2) is 11.7 Å². The number of aromatic hydroxyl groups is 1. The van der Waals surface area contributed by atoms with Crippen LogP contribution in [0.1, 0.15) is 25.0 Å². The number of phenolic OH excluding ortho intramolecular Hbond substituents is 1. The first kappa shape index (κ1) is 12.5. The highest BCUT2D eigenvalue weighted by molar-refractivity contribution is 9.10. The molecule has 0 saturated heterocycles. The molecule has 0 aromatic heterocycles. The van der Waals surface area contributed by atoms with E-state index in [1.165, 1.54) is 0 Å². The maximum Gasteiger partial charge on any atom is 0.119 e. The van der Waals surface area contributed by atoms with E-state index in [-0.39, 0.29) is 0 Å².